The van der Waals surface area contributed by atoms with E-state index in [9.17, 15) is 40.5 Å². The first kappa shape index (κ1) is 22.5. The van der Waals surface area contributed by atoms with Gasteiger partial charge in [-0.1, -0.05) is 0 Å². The van der Waals surface area contributed by atoms with Crippen LogP contribution in [0.4, 0.5) is 0 Å². The minimum absolute atomic E-state index is 0.120. The van der Waals surface area contributed by atoms with E-state index in [4.69, 9.17) is 18.6 Å². The van der Waals surface area contributed by atoms with E-state index >= 15 is 0 Å². The van der Waals surface area contributed by atoms with Crippen LogP contribution < -0.4 is 14.9 Å². The van der Waals surface area contributed by atoms with Crippen molar-refractivity contribution >= 4 is 11.0 Å². The summed E-state index contributed by atoms with van der Waals surface area (Å²) in [4.78, 5) is 13.3. The summed E-state index contributed by atoms with van der Waals surface area (Å²) in [6, 6.07) is 4.41. The fourth-order valence-electron chi connectivity index (χ4n) is 3.49. The van der Waals surface area contributed by atoms with Crippen molar-refractivity contribution in [3.8, 4) is 45.8 Å². The number of ether oxygens (including phenoxy) is 3. The molecule has 0 amide bonds. The summed E-state index contributed by atoms with van der Waals surface area (Å²) in [5.74, 6) is -3.62. The Morgan fingerprint density at radius 1 is 0.970 bits per heavy atom. The molecule has 1 aromatic heterocycles. The predicted molar refractivity (Wildman–Crippen MR) is 110 cm³/mol. The first-order valence-electron chi connectivity index (χ1n) is 9.58. The first-order chi connectivity index (χ1) is 15.7. The van der Waals surface area contributed by atoms with Crippen molar-refractivity contribution in [3.05, 3.63) is 34.5 Å². The SMILES string of the molecule is COc1cc(O)c2c(=O)c(O[C@@H]3O[C@@H](CO)[C@H](O)[C@H]3O)c(-c3cc(O)c(O)c(O)c3)oc2c1. The number of aliphatic hydroxyl groups excluding tert-OH is 3. The second-order valence-corrected chi connectivity index (χ2v) is 7.30. The van der Waals surface area contributed by atoms with Crippen LogP contribution in [0.3, 0.4) is 0 Å². The Bertz CT molecular complexity index is 1240. The molecule has 0 radical (unpaired) electrons. The van der Waals surface area contributed by atoms with Crippen LogP contribution in [0.5, 0.6) is 34.5 Å². The standard InChI is InChI=1S/C21H20O12/c1-30-8-4-9(23)14-12(5-8)31-19(7-2-10(24)15(26)11(25)3-7)20(17(14)28)33-21-18(29)16(27)13(6-22)32-21/h2-5,13,16,18,21-27,29H,6H2,1H3/t13-,16-,18+,21-/m0/s1. The van der Waals surface area contributed by atoms with E-state index in [-0.39, 0.29) is 28.0 Å². The molecule has 1 saturated heterocycles. The zero-order valence-corrected chi connectivity index (χ0v) is 17.0. The number of hydrogen-bond donors (Lipinski definition) is 7. The Hall–Kier alpha value is -3.71. The molecule has 2 aromatic carbocycles. The van der Waals surface area contributed by atoms with Gasteiger partial charge in [0.1, 0.15) is 40.8 Å². The van der Waals surface area contributed by atoms with Crippen molar-refractivity contribution in [1.82, 2.24) is 0 Å². The zero-order valence-electron chi connectivity index (χ0n) is 17.0. The maximum absolute atomic E-state index is 13.3. The third-order valence-corrected chi connectivity index (χ3v) is 5.21. The van der Waals surface area contributed by atoms with Gasteiger partial charge in [0.05, 0.1) is 13.7 Å². The van der Waals surface area contributed by atoms with E-state index in [1.54, 1.807) is 0 Å². The van der Waals surface area contributed by atoms with Crippen LogP contribution in [-0.2, 0) is 4.74 Å². The highest BCUT2D eigenvalue weighted by atomic mass is 16.7. The largest absolute Gasteiger partial charge is 0.507 e. The van der Waals surface area contributed by atoms with Gasteiger partial charge in [0.2, 0.25) is 17.5 Å². The second kappa shape index (κ2) is 8.33. The summed E-state index contributed by atoms with van der Waals surface area (Å²) in [6.07, 6.45) is -5.98. The topological polar surface area (TPSA) is 200 Å². The summed E-state index contributed by atoms with van der Waals surface area (Å²) in [7, 11) is 1.33. The molecule has 0 saturated carbocycles. The van der Waals surface area contributed by atoms with Gasteiger partial charge in [0.25, 0.3) is 0 Å². The number of phenols is 4. The number of fused-ring (bicyclic) bond motifs is 1. The third kappa shape index (κ3) is 3.74. The second-order valence-electron chi connectivity index (χ2n) is 7.30. The molecule has 7 N–H and O–H groups in total. The Labute approximate surface area is 184 Å². The van der Waals surface area contributed by atoms with Crippen molar-refractivity contribution in [3.63, 3.8) is 0 Å². The summed E-state index contributed by atoms with van der Waals surface area (Å²) in [5.41, 5.74) is -1.19. The van der Waals surface area contributed by atoms with E-state index in [2.05, 4.69) is 0 Å². The van der Waals surface area contributed by atoms with Gasteiger partial charge >= 0.3 is 0 Å². The summed E-state index contributed by atoms with van der Waals surface area (Å²) < 4.78 is 21.6. The van der Waals surface area contributed by atoms with Crippen LogP contribution in [0.15, 0.2) is 33.5 Å². The molecule has 0 unspecified atom stereocenters. The Morgan fingerprint density at radius 2 is 1.64 bits per heavy atom. The van der Waals surface area contributed by atoms with Crippen LogP contribution in [0.1, 0.15) is 0 Å². The molecule has 2 heterocycles. The third-order valence-electron chi connectivity index (χ3n) is 5.21. The molecule has 4 rings (SSSR count). The fraction of sp³-hybridized carbons (Fsp3) is 0.286. The smallest absolute Gasteiger partial charge is 0.239 e. The van der Waals surface area contributed by atoms with Gasteiger partial charge < -0.3 is 54.4 Å². The number of hydrogen-bond acceptors (Lipinski definition) is 12. The molecule has 1 fully saturated rings. The minimum atomic E-state index is -1.66. The molecule has 12 heteroatoms. The van der Waals surface area contributed by atoms with Crippen LogP contribution in [0.2, 0.25) is 0 Å². The number of benzene rings is 2. The number of phenolic OH excluding ortho intramolecular Hbond substituents is 4. The number of rotatable bonds is 5. The molecular weight excluding hydrogens is 444 g/mol. The maximum Gasteiger partial charge on any atom is 0.239 e. The average molecular weight is 464 g/mol. The van der Waals surface area contributed by atoms with Crippen LogP contribution in [0.25, 0.3) is 22.3 Å². The highest BCUT2D eigenvalue weighted by Crippen LogP contribution is 2.43. The highest BCUT2D eigenvalue weighted by Gasteiger charge is 2.44. The van der Waals surface area contributed by atoms with Gasteiger partial charge in [0, 0.05) is 17.7 Å². The van der Waals surface area contributed by atoms with Gasteiger partial charge in [-0.2, -0.15) is 0 Å². The molecular formula is C21H20O12. The van der Waals surface area contributed by atoms with E-state index < -0.39 is 65.4 Å². The van der Waals surface area contributed by atoms with Crippen LogP contribution >= 0.6 is 0 Å². The average Bonchev–Trinajstić information content (AvgIpc) is 3.06. The monoisotopic (exact) mass is 464 g/mol. The van der Waals surface area contributed by atoms with Crippen LogP contribution in [0, 0.1) is 0 Å². The lowest BCUT2D eigenvalue weighted by atomic mass is 10.1. The maximum atomic E-state index is 13.3. The Balaban J connectivity index is 1.95. The summed E-state index contributed by atoms with van der Waals surface area (Å²) >= 11 is 0. The minimum Gasteiger partial charge on any atom is -0.507 e. The van der Waals surface area contributed by atoms with Crippen LogP contribution in [-0.4, -0.2) is 74.1 Å². The lowest BCUT2D eigenvalue weighted by molar-refractivity contribution is -0.117. The van der Waals surface area contributed by atoms with Gasteiger partial charge in [-0.3, -0.25) is 4.79 Å². The summed E-state index contributed by atoms with van der Waals surface area (Å²) in [5, 5.41) is 69.0. The lowest BCUT2D eigenvalue weighted by Gasteiger charge is -2.19. The molecule has 0 bridgehead atoms. The molecule has 3 aromatic rings. The number of aliphatic hydroxyl groups is 3. The Kier molecular flexibility index (Phi) is 5.68. The molecule has 0 aliphatic carbocycles. The van der Waals surface area contributed by atoms with Gasteiger partial charge in [-0.15, -0.1) is 0 Å². The van der Waals surface area contributed by atoms with Gasteiger partial charge in [-0.25, -0.2) is 0 Å². The van der Waals surface area contributed by atoms with E-state index in [1.807, 2.05) is 0 Å². The number of aromatic hydroxyl groups is 4. The van der Waals surface area contributed by atoms with Gasteiger partial charge in [0.15, 0.2) is 23.0 Å². The first-order valence-corrected chi connectivity index (χ1v) is 9.58. The molecule has 176 valence electrons. The highest BCUT2D eigenvalue weighted by molar-refractivity contribution is 5.88. The van der Waals surface area contributed by atoms with Crippen molar-refractivity contribution in [2.45, 2.75) is 24.6 Å². The van der Waals surface area contributed by atoms with Crippen molar-refractivity contribution in [2.24, 2.45) is 0 Å². The van der Waals surface area contributed by atoms with Gasteiger partial charge in [-0.05, 0) is 12.1 Å². The van der Waals surface area contributed by atoms with Crippen molar-refractivity contribution in [2.75, 3.05) is 13.7 Å². The molecule has 1 aliphatic heterocycles. The molecule has 4 atom stereocenters. The lowest BCUT2D eigenvalue weighted by Crippen LogP contribution is -2.36. The van der Waals surface area contributed by atoms with E-state index in [0.29, 0.717) is 0 Å². The molecule has 33 heavy (non-hydrogen) atoms. The normalized spacial score (nSPS) is 22.5. The quantitative estimate of drug-likeness (QED) is 0.252. The molecule has 1 aliphatic rings. The Morgan fingerprint density at radius 3 is 2.21 bits per heavy atom. The van der Waals surface area contributed by atoms with E-state index in [1.165, 1.54) is 13.2 Å². The summed E-state index contributed by atoms with van der Waals surface area (Å²) in [6.45, 7) is -0.641. The van der Waals surface area contributed by atoms with Crippen molar-refractivity contribution in [1.29, 1.82) is 0 Å². The zero-order chi connectivity index (χ0) is 24.0. The molecule has 12 nitrogen and oxygen atoms in total. The number of methoxy groups -OCH3 is 1. The predicted octanol–water partition coefficient (Wildman–Crippen LogP) is 0.109. The van der Waals surface area contributed by atoms with Crippen molar-refractivity contribution < 1.29 is 54.4 Å². The fourth-order valence-corrected chi connectivity index (χ4v) is 3.49. The van der Waals surface area contributed by atoms with E-state index in [0.717, 1.165) is 18.2 Å². The molecule has 0 spiro atoms.